The van der Waals surface area contributed by atoms with Crippen molar-refractivity contribution in [1.29, 1.82) is 0 Å². The maximum absolute atomic E-state index is 10.7. The monoisotopic (exact) mass is 270 g/mol. The predicted octanol–water partition coefficient (Wildman–Crippen LogP) is 2.79. The van der Waals surface area contributed by atoms with E-state index in [1.807, 2.05) is 18.2 Å². The standard InChI is InChI=1S/C11H11BrO3/c12-8-1-2-10-9(6-8)7(3-4-15-10)5-11(13)14/h1-2,6-7H,3-5H2,(H,13,14). The SMILES string of the molecule is O=C(O)CC1CCOc2ccc(Br)cc21. The van der Waals surface area contributed by atoms with E-state index in [4.69, 9.17) is 9.84 Å². The molecule has 2 rings (SSSR count). The van der Waals surface area contributed by atoms with Crippen LogP contribution in [-0.2, 0) is 4.79 Å². The van der Waals surface area contributed by atoms with Gasteiger partial charge >= 0.3 is 5.97 Å². The summed E-state index contributed by atoms with van der Waals surface area (Å²) < 4.78 is 6.44. The molecule has 0 fully saturated rings. The van der Waals surface area contributed by atoms with Gasteiger partial charge in [0, 0.05) is 10.4 Å². The minimum atomic E-state index is -0.757. The van der Waals surface area contributed by atoms with Crippen molar-refractivity contribution in [3.63, 3.8) is 0 Å². The van der Waals surface area contributed by atoms with E-state index < -0.39 is 5.97 Å². The summed E-state index contributed by atoms with van der Waals surface area (Å²) in [6.45, 7) is 0.604. The smallest absolute Gasteiger partial charge is 0.303 e. The first-order valence-electron chi connectivity index (χ1n) is 4.81. The summed E-state index contributed by atoms with van der Waals surface area (Å²) in [5, 5.41) is 8.81. The molecular formula is C11H11BrO3. The molecule has 0 radical (unpaired) electrons. The van der Waals surface area contributed by atoms with Gasteiger partial charge in [0.2, 0.25) is 0 Å². The molecule has 4 heteroatoms. The van der Waals surface area contributed by atoms with E-state index in [-0.39, 0.29) is 12.3 Å². The molecule has 1 aromatic rings. The number of carboxylic acids is 1. The van der Waals surface area contributed by atoms with Gasteiger partial charge in [0.25, 0.3) is 0 Å². The summed E-state index contributed by atoms with van der Waals surface area (Å²) >= 11 is 3.38. The molecule has 1 atom stereocenters. The average molecular weight is 271 g/mol. The van der Waals surface area contributed by atoms with Crippen LogP contribution in [0.3, 0.4) is 0 Å². The Balaban J connectivity index is 2.32. The quantitative estimate of drug-likeness (QED) is 0.899. The molecule has 0 aliphatic carbocycles. The lowest BCUT2D eigenvalue weighted by atomic mass is 9.90. The van der Waals surface area contributed by atoms with Crippen LogP contribution in [0.4, 0.5) is 0 Å². The number of rotatable bonds is 2. The van der Waals surface area contributed by atoms with E-state index in [1.165, 1.54) is 0 Å². The largest absolute Gasteiger partial charge is 0.493 e. The Morgan fingerprint density at radius 3 is 3.13 bits per heavy atom. The summed E-state index contributed by atoms with van der Waals surface area (Å²) in [6.07, 6.45) is 0.947. The normalized spacial score (nSPS) is 19.1. The molecule has 15 heavy (non-hydrogen) atoms. The first-order chi connectivity index (χ1) is 7.16. The third kappa shape index (κ3) is 2.31. The second kappa shape index (κ2) is 4.23. The number of aliphatic carboxylic acids is 1. The number of hydrogen-bond acceptors (Lipinski definition) is 2. The maximum atomic E-state index is 10.7. The minimum absolute atomic E-state index is 0.0729. The van der Waals surface area contributed by atoms with Crippen LogP contribution in [0.2, 0.25) is 0 Å². The maximum Gasteiger partial charge on any atom is 0.303 e. The topological polar surface area (TPSA) is 46.5 Å². The van der Waals surface area contributed by atoms with Crippen molar-refractivity contribution in [3.8, 4) is 5.75 Å². The van der Waals surface area contributed by atoms with E-state index in [0.717, 1.165) is 22.2 Å². The van der Waals surface area contributed by atoms with Gasteiger partial charge in [0.15, 0.2) is 0 Å². The number of carbonyl (C=O) groups is 1. The van der Waals surface area contributed by atoms with Gasteiger partial charge in [-0.3, -0.25) is 4.79 Å². The zero-order chi connectivity index (χ0) is 10.8. The van der Waals surface area contributed by atoms with E-state index in [9.17, 15) is 4.79 Å². The van der Waals surface area contributed by atoms with Crippen LogP contribution in [0.25, 0.3) is 0 Å². The molecule has 1 unspecified atom stereocenters. The van der Waals surface area contributed by atoms with Gasteiger partial charge in [0.05, 0.1) is 13.0 Å². The molecule has 3 nitrogen and oxygen atoms in total. The molecule has 80 valence electrons. The predicted molar refractivity (Wildman–Crippen MR) is 59.2 cm³/mol. The first kappa shape index (κ1) is 10.5. The highest BCUT2D eigenvalue weighted by Crippen LogP contribution is 2.37. The van der Waals surface area contributed by atoms with Crippen LogP contribution in [0.15, 0.2) is 22.7 Å². The summed E-state index contributed by atoms with van der Waals surface area (Å²) in [7, 11) is 0. The van der Waals surface area contributed by atoms with Gasteiger partial charge in [-0.05, 0) is 30.2 Å². The van der Waals surface area contributed by atoms with Crippen LogP contribution in [0, 0.1) is 0 Å². The van der Waals surface area contributed by atoms with Crippen molar-refractivity contribution < 1.29 is 14.6 Å². The summed E-state index contributed by atoms with van der Waals surface area (Å²) in [5.74, 6) is 0.132. The Morgan fingerprint density at radius 1 is 1.60 bits per heavy atom. The molecule has 1 aliphatic rings. The van der Waals surface area contributed by atoms with Crippen molar-refractivity contribution in [2.75, 3.05) is 6.61 Å². The van der Waals surface area contributed by atoms with E-state index in [2.05, 4.69) is 15.9 Å². The number of ether oxygens (including phenoxy) is 1. The Hall–Kier alpha value is -1.03. The molecule has 0 spiro atoms. The third-order valence-electron chi connectivity index (χ3n) is 2.56. The summed E-state index contributed by atoms with van der Waals surface area (Å²) in [4.78, 5) is 10.7. The van der Waals surface area contributed by atoms with Gasteiger partial charge in [-0.2, -0.15) is 0 Å². The van der Waals surface area contributed by atoms with Crippen molar-refractivity contribution in [3.05, 3.63) is 28.2 Å². The number of benzene rings is 1. The molecule has 0 amide bonds. The van der Waals surface area contributed by atoms with Crippen molar-refractivity contribution in [2.45, 2.75) is 18.8 Å². The average Bonchev–Trinajstić information content (AvgIpc) is 2.18. The van der Waals surface area contributed by atoms with Gasteiger partial charge in [-0.15, -0.1) is 0 Å². The number of hydrogen-bond donors (Lipinski definition) is 1. The molecule has 0 bridgehead atoms. The lowest BCUT2D eigenvalue weighted by Crippen LogP contribution is -2.16. The third-order valence-corrected chi connectivity index (χ3v) is 3.05. The number of halogens is 1. The summed E-state index contributed by atoms with van der Waals surface area (Å²) in [5.41, 5.74) is 0.998. The highest BCUT2D eigenvalue weighted by atomic mass is 79.9. The highest BCUT2D eigenvalue weighted by molar-refractivity contribution is 9.10. The van der Waals surface area contributed by atoms with Crippen LogP contribution in [0.5, 0.6) is 5.75 Å². The lowest BCUT2D eigenvalue weighted by molar-refractivity contribution is -0.137. The molecule has 1 heterocycles. The van der Waals surface area contributed by atoms with Gasteiger partial charge in [-0.1, -0.05) is 15.9 Å². The molecular weight excluding hydrogens is 260 g/mol. The van der Waals surface area contributed by atoms with Crippen molar-refractivity contribution >= 4 is 21.9 Å². The Bertz CT molecular complexity index is 389. The highest BCUT2D eigenvalue weighted by Gasteiger charge is 2.23. The second-order valence-electron chi connectivity index (χ2n) is 3.61. The van der Waals surface area contributed by atoms with Crippen LogP contribution in [-0.4, -0.2) is 17.7 Å². The molecule has 1 aromatic carbocycles. The Morgan fingerprint density at radius 2 is 2.40 bits per heavy atom. The summed E-state index contributed by atoms with van der Waals surface area (Å²) in [6, 6.07) is 5.73. The number of fused-ring (bicyclic) bond motifs is 1. The van der Waals surface area contributed by atoms with Gasteiger partial charge < -0.3 is 9.84 Å². The van der Waals surface area contributed by atoms with Gasteiger partial charge in [-0.25, -0.2) is 0 Å². The lowest BCUT2D eigenvalue weighted by Gasteiger charge is -2.24. The Kier molecular flexibility index (Phi) is 2.95. The zero-order valence-electron chi connectivity index (χ0n) is 8.07. The van der Waals surface area contributed by atoms with E-state index in [0.29, 0.717) is 6.61 Å². The molecule has 0 saturated heterocycles. The fourth-order valence-corrected chi connectivity index (χ4v) is 2.24. The minimum Gasteiger partial charge on any atom is -0.493 e. The molecule has 0 saturated carbocycles. The van der Waals surface area contributed by atoms with Crippen LogP contribution < -0.4 is 4.74 Å². The van der Waals surface area contributed by atoms with E-state index >= 15 is 0 Å². The van der Waals surface area contributed by atoms with Crippen molar-refractivity contribution in [1.82, 2.24) is 0 Å². The van der Waals surface area contributed by atoms with E-state index in [1.54, 1.807) is 0 Å². The number of carboxylic acid groups (broad SMARTS) is 1. The zero-order valence-corrected chi connectivity index (χ0v) is 9.66. The van der Waals surface area contributed by atoms with Gasteiger partial charge in [0.1, 0.15) is 5.75 Å². The fraction of sp³-hybridized carbons (Fsp3) is 0.364. The molecule has 1 N–H and O–H groups in total. The molecule has 0 aromatic heterocycles. The second-order valence-corrected chi connectivity index (χ2v) is 4.53. The van der Waals surface area contributed by atoms with Crippen molar-refractivity contribution in [2.24, 2.45) is 0 Å². The Labute approximate surface area is 96.2 Å². The molecule has 1 aliphatic heterocycles. The fourth-order valence-electron chi connectivity index (χ4n) is 1.86. The van der Waals surface area contributed by atoms with Crippen LogP contribution in [0.1, 0.15) is 24.3 Å². The van der Waals surface area contributed by atoms with Crippen LogP contribution >= 0.6 is 15.9 Å². The first-order valence-corrected chi connectivity index (χ1v) is 5.60.